The molecular weight excluding hydrogens is 336 g/mol. The van der Waals surface area contributed by atoms with Crippen molar-refractivity contribution in [2.45, 2.75) is 39.9 Å². The lowest BCUT2D eigenvalue weighted by molar-refractivity contribution is -0.389. The number of nitro groups is 1. The van der Waals surface area contributed by atoms with Crippen LogP contribution >= 0.6 is 11.6 Å². The summed E-state index contributed by atoms with van der Waals surface area (Å²) in [6, 6.07) is 1.38. The predicted molar refractivity (Wildman–Crippen MR) is 87.6 cm³/mol. The highest BCUT2D eigenvalue weighted by molar-refractivity contribution is 6.31. The number of aryl methyl sites for hydroxylation is 3. The van der Waals surface area contributed by atoms with E-state index in [9.17, 15) is 14.9 Å². The smallest absolute Gasteiger partial charge is 0.358 e. The molecule has 2 aromatic heterocycles. The van der Waals surface area contributed by atoms with Gasteiger partial charge in [0.2, 0.25) is 5.91 Å². The first-order chi connectivity index (χ1) is 11.3. The number of aromatic nitrogens is 4. The molecule has 1 amide bonds. The van der Waals surface area contributed by atoms with Crippen LogP contribution in [0.15, 0.2) is 12.3 Å². The van der Waals surface area contributed by atoms with Crippen molar-refractivity contribution < 1.29 is 9.72 Å². The van der Waals surface area contributed by atoms with Gasteiger partial charge in [0, 0.05) is 26.2 Å². The molecule has 2 heterocycles. The quantitative estimate of drug-likeness (QED) is 0.559. The van der Waals surface area contributed by atoms with Crippen molar-refractivity contribution in [2.24, 2.45) is 0 Å². The molecule has 0 aliphatic heterocycles. The van der Waals surface area contributed by atoms with Crippen molar-refractivity contribution in [3.05, 3.63) is 38.8 Å². The van der Waals surface area contributed by atoms with Crippen LogP contribution < -0.4 is 0 Å². The van der Waals surface area contributed by atoms with Crippen LogP contribution in [-0.4, -0.2) is 42.3 Å². The van der Waals surface area contributed by atoms with Gasteiger partial charge in [-0.2, -0.15) is 9.78 Å². The summed E-state index contributed by atoms with van der Waals surface area (Å²) >= 11 is 6.10. The summed E-state index contributed by atoms with van der Waals surface area (Å²) in [5.74, 6) is -0.333. The zero-order valence-corrected chi connectivity index (χ0v) is 14.5. The van der Waals surface area contributed by atoms with Crippen LogP contribution in [0.25, 0.3) is 0 Å². The van der Waals surface area contributed by atoms with Crippen LogP contribution in [0.4, 0.5) is 5.82 Å². The minimum atomic E-state index is -0.552. The van der Waals surface area contributed by atoms with Crippen LogP contribution in [0, 0.1) is 17.0 Å². The third-order valence-electron chi connectivity index (χ3n) is 3.62. The SMILES string of the molecule is CCn1cc(Cl)c(CN(C)C(=O)CCn2nc([N+](=O)[O-])cc2C)n1. The highest BCUT2D eigenvalue weighted by Gasteiger charge is 2.18. The summed E-state index contributed by atoms with van der Waals surface area (Å²) in [4.78, 5) is 23.9. The molecule has 0 bridgehead atoms. The molecule has 0 unspecified atom stereocenters. The molecule has 9 nitrogen and oxygen atoms in total. The van der Waals surface area contributed by atoms with E-state index >= 15 is 0 Å². The fraction of sp³-hybridized carbons (Fsp3) is 0.500. The lowest BCUT2D eigenvalue weighted by Crippen LogP contribution is -2.27. The van der Waals surface area contributed by atoms with Gasteiger partial charge in [-0.3, -0.25) is 9.48 Å². The van der Waals surface area contributed by atoms with E-state index in [0.29, 0.717) is 29.5 Å². The van der Waals surface area contributed by atoms with E-state index in [2.05, 4.69) is 10.2 Å². The number of amides is 1. The fourth-order valence-corrected chi connectivity index (χ4v) is 2.43. The lowest BCUT2D eigenvalue weighted by Gasteiger charge is -2.15. The van der Waals surface area contributed by atoms with Crippen molar-refractivity contribution in [3.63, 3.8) is 0 Å². The normalized spacial score (nSPS) is 10.8. The summed E-state index contributed by atoms with van der Waals surface area (Å²) < 4.78 is 3.17. The van der Waals surface area contributed by atoms with Gasteiger partial charge in [-0.05, 0) is 18.8 Å². The second-order valence-corrected chi connectivity index (χ2v) is 5.81. The maximum Gasteiger partial charge on any atom is 0.390 e. The third kappa shape index (κ3) is 4.10. The zero-order chi connectivity index (χ0) is 17.9. The molecule has 24 heavy (non-hydrogen) atoms. The molecule has 0 N–H and O–H groups in total. The largest absolute Gasteiger partial charge is 0.390 e. The molecule has 0 spiro atoms. The molecule has 0 aliphatic rings. The first kappa shape index (κ1) is 17.9. The summed E-state index contributed by atoms with van der Waals surface area (Å²) in [6.07, 6.45) is 1.91. The Balaban J connectivity index is 1.94. The first-order valence-corrected chi connectivity index (χ1v) is 7.84. The zero-order valence-electron chi connectivity index (χ0n) is 13.8. The molecular formula is C14H19ClN6O3. The Bertz CT molecular complexity index is 754. The maximum absolute atomic E-state index is 12.2. The molecule has 2 rings (SSSR count). The topological polar surface area (TPSA) is 99.1 Å². The van der Waals surface area contributed by atoms with E-state index in [1.165, 1.54) is 15.6 Å². The molecule has 130 valence electrons. The second-order valence-electron chi connectivity index (χ2n) is 5.40. The van der Waals surface area contributed by atoms with E-state index < -0.39 is 4.92 Å². The van der Waals surface area contributed by atoms with Crippen LogP contribution in [0.1, 0.15) is 24.7 Å². The minimum absolute atomic E-state index is 0.116. The minimum Gasteiger partial charge on any atom is -0.358 e. The highest BCUT2D eigenvalue weighted by atomic mass is 35.5. The van der Waals surface area contributed by atoms with Gasteiger partial charge in [0.25, 0.3) is 0 Å². The van der Waals surface area contributed by atoms with Crippen molar-refractivity contribution in [3.8, 4) is 0 Å². The van der Waals surface area contributed by atoms with Crippen LogP contribution in [-0.2, 0) is 24.4 Å². The Hall–Kier alpha value is -2.42. The van der Waals surface area contributed by atoms with Crippen LogP contribution in [0.2, 0.25) is 5.02 Å². The summed E-state index contributed by atoms with van der Waals surface area (Å²) in [5, 5.41) is 19.4. The number of carbonyl (C=O) groups excluding carboxylic acids is 1. The third-order valence-corrected chi connectivity index (χ3v) is 3.93. The summed E-state index contributed by atoms with van der Waals surface area (Å²) in [7, 11) is 1.67. The number of hydrogen-bond acceptors (Lipinski definition) is 5. The van der Waals surface area contributed by atoms with E-state index in [1.54, 1.807) is 24.9 Å². The van der Waals surface area contributed by atoms with Crippen LogP contribution in [0.3, 0.4) is 0 Å². The van der Waals surface area contributed by atoms with Crippen molar-refractivity contribution in [2.75, 3.05) is 7.05 Å². The van der Waals surface area contributed by atoms with E-state index in [0.717, 1.165) is 0 Å². The molecule has 10 heteroatoms. The van der Waals surface area contributed by atoms with E-state index in [1.807, 2.05) is 6.92 Å². The average molecular weight is 355 g/mol. The number of rotatable bonds is 7. The molecule has 0 aliphatic carbocycles. The Labute approximate surface area is 144 Å². The van der Waals surface area contributed by atoms with E-state index in [-0.39, 0.29) is 24.7 Å². The van der Waals surface area contributed by atoms with Gasteiger partial charge in [0.1, 0.15) is 5.69 Å². The molecule has 0 aromatic carbocycles. The Kier molecular flexibility index (Phi) is 5.55. The van der Waals surface area contributed by atoms with Crippen molar-refractivity contribution >= 4 is 23.3 Å². The predicted octanol–water partition coefficient (Wildman–Crippen LogP) is 2.02. The monoisotopic (exact) mass is 354 g/mol. The maximum atomic E-state index is 12.2. The number of carbonyl (C=O) groups is 1. The molecule has 0 saturated carbocycles. The Morgan fingerprint density at radius 1 is 1.46 bits per heavy atom. The van der Waals surface area contributed by atoms with E-state index in [4.69, 9.17) is 11.6 Å². The molecule has 0 atom stereocenters. The van der Waals surface area contributed by atoms with Crippen molar-refractivity contribution in [1.29, 1.82) is 0 Å². The number of hydrogen-bond donors (Lipinski definition) is 0. The average Bonchev–Trinajstić information content (AvgIpc) is 3.08. The van der Waals surface area contributed by atoms with Crippen molar-refractivity contribution in [1.82, 2.24) is 24.5 Å². The Morgan fingerprint density at radius 3 is 2.71 bits per heavy atom. The Morgan fingerprint density at radius 2 is 2.17 bits per heavy atom. The number of halogens is 1. The summed E-state index contributed by atoms with van der Waals surface area (Å²) in [5.41, 5.74) is 1.28. The second kappa shape index (κ2) is 7.43. The summed E-state index contributed by atoms with van der Waals surface area (Å²) in [6.45, 7) is 4.95. The van der Waals surface area contributed by atoms with Gasteiger partial charge in [-0.1, -0.05) is 11.6 Å². The lowest BCUT2D eigenvalue weighted by atomic mass is 10.3. The fourth-order valence-electron chi connectivity index (χ4n) is 2.22. The van der Waals surface area contributed by atoms with Gasteiger partial charge in [0.05, 0.1) is 35.0 Å². The van der Waals surface area contributed by atoms with Gasteiger partial charge in [-0.25, -0.2) is 0 Å². The van der Waals surface area contributed by atoms with Gasteiger partial charge >= 0.3 is 5.82 Å². The highest BCUT2D eigenvalue weighted by Crippen LogP contribution is 2.16. The van der Waals surface area contributed by atoms with Gasteiger partial charge in [-0.15, -0.1) is 0 Å². The van der Waals surface area contributed by atoms with Crippen LogP contribution in [0.5, 0.6) is 0 Å². The standard InChI is InChI=1S/C14H19ClN6O3/c1-4-19-8-11(15)12(16-19)9-18(3)14(22)5-6-20-10(2)7-13(17-20)21(23)24/h7-8H,4-6,9H2,1-3H3. The molecule has 0 radical (unpaired) electrons. The molecule has 0 fully saturated rings. The first-order valence-electron chi connectivity index (χ1n) is 7.46. The van der Waals surface area contributed by atoms with Gasteiger partial charge in [0.15, 0.2) is 0 Å². The number of nitrogens with zero attached hydrogens (tertiary/aromatic N) is 6. The van der Waals surface area contributed by atoms with Gasteiger partial charge < -0.3 is 15.0 Å². The molecule has 0 saturated heterocycles. The molecule has 2 aromatic rings.